The molecule has 5 aromatic rings. The van der Waals surface area contributed by atoms with Gasteiger partial charge in [0.2, 0.25) is 0 Å². The molecule has 5 heteroatoms. The second kappa shape index (κ2) is 12.4. The Hall–Kier alpha value is -4.48. The average Bonchev–Trinajstić information content (AvgIpc) is 3.39. The Morgan fingerprint density at radius 2 is 1.46 bits per heavy atom. The molecule has 0 aliphatic rings. The molecule has 196 valence electrons. The van der Waals surface area contributed by atoms with Gasteiger partial charge in [-0.15, -0.1) is 0 Å². The van der Waals surface area contributed by atoms with Crippen molar-refractivity contribution in [3.63, 3.8) is 0 Å². The first-order valence-corrected chi connectivity index (χ1v) is 13.4. The number of nitrogens with zero attached hydrogens (tertiary/aromatic N) is 3. The molecule has 0 unspecified atom stereocenters. The monoisotopic (exact) mass is 514 g/mol. The van der Waals surface area contributed by atoms with Crippen LogP contribution in [-0.2, 0) is 6.54 Å². The fourth-order valence-corrected chi connectivity index (χ4v) is 4.88. The third-order valence-corrected chi connectivity index (χ3v) is 6.91. The molecule has 0 saturated heterocycles. The number of imidazole rings is 1. The molecule has 0 aliphatic carbocycles. The molecule has 1 atom stereocenters. The maximum Gasteiger partial charge on any atom is 0.254 e. The molecular weight excluding hydrogens is 480 g/mol. The van der Waals surface area contributed by atoms with E-state index in [2.05, 4.69) is 47.2 Å². The predicted molar refractivity (Wildman–Crippen MR) is 157 cm³/mol. The zero-order valence-corrected chi connectivity index (χ0v) is 22.3. The van der Waals surface area contributed by atoms with Crippen LogP contribution in [0.5, 0.6) is 0 Å². The van der Waals surface area contributed by atoms with Crippen LogP contribution in [0.15, 0.2) is 121 Å². The van der Waals surface area contributed by atoms with Crippen molar-refractivity contribution in [1.82, 2.24) is 14.5 Å². The molecule has 0 fully saturated rings. The van der Waals surface area contributed by atoms with Gasteiger partial charge in [0.15, 0.2) is 0 Å². The van der Waals surface area contributed by atoms with Crippen LogP contribution < -0.4 is 5.73 Å². The summed E-state index contributed by atoms with van der Waals surface area (Å²) in [7, 11) is 0. The number of hydrogen-bond acceptors (Lipinski definition) is 3. The van der Waals surface area contributed by atoms with Crippen LogP contribution in [0.1, 0.15) is 45.3 Å². The Morgan fingerprint density at radius 1 is 0.846 bits per heavy atom. The quantitative estimate of drug-likeness (QED) is 0.232. The second-order valence-electron chi connectivity index (χ2n) is 9.78. The first kappa shape index (κ1) is 26.1. The molecule has 39 heavy (non-hydrogen) atoms. The van der Waals surface area contributed by atoms with Gasteiger partial charge in [0.1, 0.15) is 11.9 Å². The number of nitrogens with two attached hydrogens (primary N) is 1. The van der Waals surface area contributed by atoms with Crippen LogP contribution in [0.4, 0.5) is 0 Å². The minimum atomic E-state index is -0.396. The van der Waals surface area contributed by atoms with Gasteiger partial charge in [-0.05, 0) is 43.1 Å². The summed E-state index contributed by atoms with van der Waals surface area (Å²) in [6.07, 6.45) is 2.79. The van der Waals surface area contributed by atoms with Crippen molar-refractivity contribution in [3.05, 3.63) is 150 Å². The molecule has 2 N–H and O–H groups in total. The molecule has 5 nitrogen and oxygen atoms in total. The lowest BCUT2D eigenvalue weighted by Crippen LogP contribution is -2.38. The number of aromatic nitrogens is 2. The van der Waals surface area contributed by atoms with E-state index < -0.39 is 6.04 Å². The zero-order chi connectivity index (χ0) is 27.0. The van der Waals surface area contributed by atoms with Crippen LogP contribution in [-0.4, -0.2) is 33.4 Å². The van der Waals surface area contributed by atoms with Crippen LogP contribution in [0.25, 0.3) is 11.3 Å². The van der Waals surface area contributed by atoms with E-state index in [0.717, 1.165) is 28.2 Å². The summed E-state index contributed by atoms with van der Waals surface area (Å²) in [5, 5.41) is 0. The minimum Gasteiger partial charge on any atom is -0.330 e. The summed E-state index contributed by atoms with van der Waals surface area (Å²) in [4.78, 5) is 21.3. The van der Waals surface area contributed by atoms with Crippen molar-refractivity contribution in [2.45, 2.75) is 25.9 Å². The van der Waals surface area contributed by atoms with Crippen molar-refractivity contribution in [2.75, 3.05) is 13.1 Å². The van der Waals surface area contributed by atoms with Crippen LogP contribution in [0.3, 0.4) is 0 Å². The lowest BCUT2D eigenvalue weighted by molar-refractivity contribution is 0.0696. The summed E-state index contributed by atoms with van der Waals surface area (Å²) in [6.45, 7) is 3.68. The number of carbonyl (C=O) groups is 1. The van der Waals surface area contributed by atoms with E-state index in [0.29, 0.717) is 31.6 Å². The second-order valence-corrected chi connectivity index (χ2v) is 9.78. The van der Waals surface area contributed by atoms with Crippen molar-refractivity contribution in [2.24, 2.45) is 5.73 Å². The topological polar surface area (TPSA) is 64.2 Å². The predicted octanol–water partition coefficient (Wildman–Crippen LogP) is 6.49. The van der Waals surface area contributed by atoms with Crippen molar-refractivity contribution < 1.29 is 4.79 Å². The number of carbonyl (C=O) groups excluding carboxylic acids is 1. The van der Waals surface area contributed by atoms with Gasteiger partial charge >= 0.3 is 0 Å². The molecule has 4 aromatic carbocycles. The van der Waals surface area contributed by atoms with Gasteiger partial charge in [0.05, 0.1) is 5.69 Å². The highest BCUT2D eigenvalue weighted by Gasteiger charge is 2.31. The molecule has 1 aromatic heterocycles. The van der Waals surface area contributed by atoms with Gasteiger partial charge in [-0.2, -0.15) is 0 Å². The smallest absolute Gasteiger partial charge is 0.254 e. The Labute approximate surface area is 230 Å². The normalized spacial score (nSPS) is 11.7. The van der Waals surface area contributed by atoms with Crippen molar-refractivity contribution in [1.29, 1.82) is 0 Å². The number of aryl methyl sites for hydroxylation is 1. The summed E-state index contributed by atoms with van der Waals surface area (Å²) in [6, 6.07) is 38.1. The van der Waals surface area contributed by atoms with Gasteiger partial charge < -0.3 is 15.2 Å². The van der Waals surface area contributed by atoms with E-state index in [1.165, 1.54) is 5.56 Å². The molecule has 1 heterocycles. The largest absolute Gasteiger partial charge is 0.330 e. The fraction of sp³-hybridized carbons (Fsp3) is 0.176. The Balaban J connectivity index is 1.67. The van der Waals surface area contributed by atoms with Gasteiger partial charge in [0.25, 0.3) is 5.91 Å². The molecule has 1 amide bonds. The molecular formula is C34H34N4O. The van der Waals surface area contributed by atoms with Crippen molar-refractivity contribution >= 4 is 5.91 Å². The molecule has 0 aliphatic heterocycles. The molecule has 0 radical (unpaired) electrons. The first-order valence-electron chi connectivity index (χ1n) is 13.4. The van der Waals surface area contributed by atoms with Gasteiger partial charge in [0, 0.05) is 30.4 Å². The Bertz CT molecular complexity index is 1480. The maximum atomic E-state index is 14.1. The van der Waals surface area contributed by atoms with E-state index in [1.807, 2.05) is 90.7 Å². The summed E-state index contributed by atoms with van der Waals surface area (Å²) in [5.41, 5.74) is 11.8. The fourth-order valence-electron chi connectivity index (χ4n) is 4.88. The van der Waals surface area contributed by atoms with E-state index >= 15 is 0 Å². The van der Waals surface area contributed by atoms with E-state index in [1.54, 1.807) is 0 Å². The maximum absolute atomic E-state index is 14.1. The van der Waals surface area contributed by atoms with E-state index in [9.17, 15) is 4.79 Å². The number of amides is 1. The first-order chi connectivity index (χ1) is 19.1. The lowest BCUT2D eigenvalue weighted by atomic mass is 10.0. The third-order valence-electron chi connectivity index (χ3n) is 6.91. The van der Waals surface area contributed by atoms with Gasteiger partial charge in [-0.25, -0.2) is 4.98 Å². The Morgan fingerprint density at radius 3 is 2.10 bits per heavy atom. The zero-order valence-electron chi connectivity index (χ0n) is 22.3. The highest BCUT2D eigenvalue weighted by atomic mass is 16.2. The number of rotatable bonds is 10. The number of hydrogen-bond donors (Lipinski definition) is 1. The highest BCUT2D eigenvalue weighted by Crippen LogP contribution is 2.32. The van der Waals surface area contributed by atoms with Crippen LogP contribution in [0, 0.1) is 6.92 Å². The van der Waals surface area contributed by atoms with Gasteiger partial charge in [-0.3, -0.25) is 4.79 Å². The standard InChI is InChI=1S/C34H34N4O/c1-26-18-20-30(21-19-26)34(39)38(23-11-22-35)32(29-16-9-4-10-17-29)33-36-31(28-14-7-3-8-15-28)25-37(33)24-27-12-5-2-6-13-27/h2-10,12-21,25,32H,11,22-24,35H2,1H3/t32-/m1/s1. The van der Waals surface area contributed by atoms with Crippen LogP contribution >= 0.6 is 0 Å². The highest BCUT2D eigenvalue weighted by molar-refractivity contribution is 5.94. The summed E-state index contributed by atoms with van der Waals surface area (Å²) >= 11 is 0. The third kappa shape index (κ3) is 6.16. The Kier molecular flexibility index (Phi) is 8.29. The molecule has 0 bridgehead atoms. The molecule has 0 spiro atoms. The SMILES string of the molecule is Cc1ccc(C(=O)N(CCCN)[C@H](c2ccccc2)c2nc(-c3ccccc3)cn2Cc2ccccc2)cc1. The number of benzene rings is 4. The van der Waals surface area contributed by atoms with E-state index in [-0.39, 0.29) is 5.91 Å². The minimum absolute atomic E-state index is 0.0344. The van der Waals surface area contributed by atoms with Gasteiger partial charge in [-0.1, -0.05) is 109 Å². The summed E-state index contributed by atoms with van der Waals surface area (Å²) in [5.74, 6) is 0.786. The van der Waals surface area contributed by atoms with Crippen LogP contribution in [0.2, 0.25) is 0 Å². The van der Waals surface area contributed by atoms with E-state index in [4.69, 9.17) is 10.7 Å². The average molecular weight is 515 g/mol. The summed E-state index contributed by atoms with van der Waals surface area (Å²) < 4.78 is 2.19. The lowest BCUT2D eigenvalue weighted by Gasteiger charge is -2.32. The van der Waals surface area contributed by atoms with Crippen molar-refractivity contribution in [3.8, 4) is 11.3 Å². The molecule has 0 saturated carbocycles. The molecule has 5 rings (SSSR count).